The van der Waals surface area contributed by atoms with Crippen LogP contribution in [0.1, 0.15) is 45.4 Å². The summed E-state index contributed by atoms with van der Waals surface area (Å²) in [6.45, 7) is 12.1. The van der Waals surface area contributed by atoms with E-state index in [1.54, 1.807) is 0 Å². The van der Waals surface area contributed by atoms with Crippen molar-refractivity contribution in [2.24, 2.45) is 5.92 Å². The van der Waals surface area contributed by atoms with E-state index in [9.17, 15) is 9.59 Å². The number of hydrogen-bond donors (Lipinski definition) is 3. The summed E-state index contributed by atoms with van der Waals surface area (Å²) in [5.41, 5.74) is 3.16. The van der Waals surface area contributed by atoms with E-state index in [1.165, 1.54) is 5.56 Å². The third-order valence-electron chi connectivity index (χ3n) is 5.53. The van der Waals surface area contributed by atoms with Gasteiger partial charge in [-0.1, -0.05) is 52.0 Å². The highest BCUT2D eigenvalue weighted by Crippen LogP contribution is 2.33. The van der Waals surface area contributed by atoms with Crippen molar-refractivity contribution in [2.45, 2.75) is 58.0 Å². The fraction of sp³-hybridized carbons (Fsp3) is 0.455. The first-order valence-electron chi connectivity index (χ1n) is 9.59. The summed E-state index contributed by atoms with van der Waals surface area (Å²) in [6.07, 6.45) is 3.19. The lowest BCUT2D eigenvalue weighted by Gasteiger charge is -2.31. The number of nitrogens with one attached hydrogen (secondary N) is 3. The van der Waals surface area contributed by atoms with Crippen molar-refractivity contribution < 1.29 is 9.59 Å². The van der Waals surface area contributed by atoms with Crippen LogP contribution >= 0.6 is 0 Å². The number of piperazine rings is 1. The van der Waals surface area contributed by atoms with Crippen LogP contribution in [0.5, 0.6) is 0 Å². The Bertz CT molecular complexity index is 879. The van der Waals surface area contributed by atoms with Gasteiger partial charge in [0.25, 0.3) is 0 Å². The second kappa shape index (κ2) is 7.22. The summed E-state index contributed by atoms with van der Waals surface area (Å²) in [5.74, 6) is -0.124. The van der Waals surface area contributed by atoms with E-state index in [-0.39, 0.29) is 23.1 Å². The molecule has 144 valence electrons. The van der Waals surface area contributed by atoms with Crippen molar-refractivity contribution >= 4 is 22.7 Å². The van der Waals surface area contributed by atoms with Crippen molar-refractivity contribution in [1.29, 1.82) is 0 Å². The Morgan fingerprint density at radius 3 is 2.52 bits per heavy atom. The van der Waals surface area contributed by atoms with Gasteiger partial charge in [0.1, 0.15) is 12.1 Å². The summed E-state index contributed by atoms with van der Waals surface area (Å²) >= 11 is 0. The number of benzene rings is 1. The lowest BCUT2D eigenvalue weighted by Crippen LogP contribution is -2.63. The number of aromatic amines is 1. The summed E-state index contributed by atoms with van der Waals surface area (Å²) in [5, 5.41) is 6.92. The van der Waals surface area contributed by atoms with E-state index in [0.717, 1.165) is 16.6 Å². The van der Waals surface area contributed by atoms with Gasteiger partial charge in [-0.3, -0.25) is 9.59 Å². The first-order chi connectivity index (χ1) is 12.7. The molecule has 3 N–H and O–H groups in total. The topological polar surface area (TPSA) is 74.0 Å². The summed E-state index contributed by atoms with van der Waals surface area (Å²) in [6, 6.07) is 7.24. The zero-order chi connectivity index (χ0) is 19.8. The van der Waals surface area contributed by atoms with Gasteiger partial charge in [0, 0.05) is 22.0 Å². The van der Waals surface area contributed by atoms with Gasteiger partial charge in [-0.05, 0) is 30.4 Å². The highest BCUT2D eigenvalue weighted by atomic mass is 16.2. The molecule has 27 heavy (non-hydrogen) atoms. The standard InChI is InChI=1S/C22H29N3O2/c1-6-22(4,5)19-15(14-9-7-8-10-16(14)23-19)11-12-17-20(26)25-18(13(2)3)21(27)24-17/h6-10,13,17-18,23H,1,11-12H2,2-5H3,(H,24,27)(H,25,26)/t17-,18+/m0/s1. The van der Waals surface area contributed by atoms with Crippen LogP contribution < -0.4 is 10.6 Å². The van der Waals surface area contributed by atoms with E-state index in [0.29, 0.717) is 12.8 Å². The minimum Gasteiger partial charge on any atom is -0.357 e. The van der Waals surface area contributed by atoms with E-state index in [4.69, 9.17) is 0 Å². The highest BCUT2D eigenvalue weighted by Gasteiger charge is 2.35. The van der Waals surface area contributed by atoms with E-state index in [1.807, 2.05) is 32.1 Å². The largest absolute Gasteiger partial charge is 0.357 e. The Kier molecular flexibility index (Phi) is 5.13. The number of aromatic nitrogens is 1. The predicted octanol–water partition coefficient (Wildman–Crippen LogP) is 3.20. The Labute approximate surface area is 160 Å². The number of allylic oxidation sites excluding steroid dienone is 1. The molecule has 1 aliphatic heterocycles. The monoisotopic (exact) mass is 367 g/mol. The molecule has 0 unspecified atom stereocenters. The SMILES string of the molecule is C=CC(C)(C)c1[nH]c2ccccc2c1CC[C@@H]1NC(=O)[C@@H](C(C)C)NC1=O. The zero-order valence-electron chi connectivity index (χ0n) is 16.6. The van der Waals surface area contributed by atoms with Crippen LogP contribution in [-0.4, -0.2) is 28.9 Å². The van der Waals surface area contributed by atoms with Crippen LogP contribution in [0.4, 0.5) is 0 Å². The molecule has 5 heteroatoms. The maximum absolute atomic E-state index is 12.5. The van der Waals surface area contributed by atoms with Crippen molar-refractivity contribution in [2.75, 3.05) is 0 Å². The Morgan fingerprint density at radius 2 is 1.85 bits per heavy atom. The third-order valence-corrected chi connectivity index (χ3v) is 5.53. The molecule has 0 saturated carbocycles. The molecule has 1 fully saturated rings. The molecule has 0 radical (unpaired) electrons. The molecule has 1 saturated heterocycles. The first-order valence-corrected chi connectivity index (χ1v) is 9.59. The number of rotatable bonds is 6. The maximum atomic E-state index is 12.5. The minimum absolute atomic E-state index is 0.0727. The molecule has 1 aliphatic rings. The molecule has 0 bridgehead atoms. The molecule has 0 aliphatic carbocycles. The lowest BCUT2D eigenvalue weighted by atomic mass is 9.85. The van der Waals surface area contributed by atoms with Crippen LogP contribution in [0.25, 0.3) is 10.9 Å². The van der Waals surface area contributed by atoms with Crippen molar-refractivity contribution in [3.05, 3.63) is 48.2 Å². The number of H-pyrrole nitrogens is 1. The van der Waals surface area contributed by atoms with Gasteiger partial charge < -0.3 is 15.6 Å². The number of hydrogen-bond acceptors (Lipinski definition) is 2. The first kappa shape index (κ1) is 19.2. The van der Waals surface area contributed by atoms with Gasteiger partial charge in [-0.2, -0.15) is 0 Å². The average Bonchev–Trinajstić information content (AvgIpc) is 3.01. The quantitative estimate of drug-likeness (QED) is 0.686. The molecular weight excluding hydrogens is 338 g/mol. The van der Waals surface area contributed by atoms with Crippen LogP contribution in [0, 0.1) is 5.92 Å². The van der Waals surface area contributed by atoms with Gasteiger partial charge in [0.2, 0.25) is 11.8 Å². The zero-order valence-corrected chi connectivity index (χ0v) is 16.6. The third kappa shape index (κ3) is 3.64. The molecule has 1 aromatic carbocycles. The number of carbonyl (C=O) groups excluding carboxylic acids is 2. The minimum atomic E-state index is -0.499. The molecule has 0 spiro atoms. The molecule has 2 amide bonds. The van der Waals surface area contributed by atoms with Crippen molar-refractivity contribution in [1.82, 2.24) is 15.6 Å². The van der Waals surface area contributed by atoms with Gasteiger partial charge in [-0.15, -0.1) is 6.58 Å². The van der Waals surface area contributed by atoms with E-state index < -0.39 is 12.1 Å². The molecule has 1 aromatic heterocycles. The maximum Gasteiger partial charge on any atom is 0.243 e. The predicted molar refractivity (Wildman–Crippen MR) is 109 cm³/mol. The van der Waals surface area contributed by atoms with Crippen LogP contribution in [0.15, 0.2) is 36.9 Å². The Balaban J connectivity index is 1.85. The second-order valence-corrected chi connectivity index (χ2v) is 8.28. The van der Waals surface area contributed by atoms with Crippen LogP contribution in [-0.2, 0) is 21.4 Å². The van der Waals surface area contributed by atoms with Gasteiger partial charge in [-0.25, -0.2) is 0 Å². The number of aryl methyl sites for hydroxylation is 1. The average molecular weight is 367 g/mol. The number of para-hydroxylation sites is 1. The summed E-state index contributed by atoms with van der Waals surface area (Å²) in [4.78, 5) is 28.3. The molecule has 2 heterocycles. The van der Waals surface area contributed by atoms with E-state index in [2.05, 4.69) is 48.2 Å². The van der Waals surface area contributed by atoms with Crippen LogP contribution in [0.2, 0.25) is 0 Å². The molecular formula is C22H29N3O2. The van der Waals surface area contributed by atoms with Crippen molar-refractivity contribution in [3.8, 4) is 0 Å². The normalized spacial score (nSPS) is 20.6. The fourth-order valence-electron chi connectivity index (χ4n) is 3.72. The highest BCUT2D eigenvalue weighted by molar-refractivity contribution is 5.97. The van der Waals surface area contributed by atoms with Gasteiger partial charge >= 0.3 is 0 Å². The molecule has 2 atom stereocenters. The van der Waals surface area contributed by atoms with Gasteiger partial charge in [0.05, 0.1) is 0 Å². The summed E-state index contributed by atoms with van der Waals surface area (Å²) in [7, 11) is 0. The Hall–Kier alpha value is -2.56. The van der Waals surface area contributed by atoms with Gasteiger partial charge in [0.15, 0.2) is 0 Å². The lowest BCUT2D eigenvalue weighted by molar-refractivity contribution is -0.138. The van der Waals surface area contributed by atoms with Crippen molar-refractivity contribution in [3.63, 3.8) is 0 Å². The van der Waals surface area contributed by atoms with Crippen LogP contribution in [0.3, 0.4) is 0 Å². The number of fused-ring (bicyclic) bond motifs is 1. The smallest absolute Gasteiger partial charge is 0.243 e. The number of carbonyl (C=O) groups is 2. The Morgan fingerprint density at radius 1 is 1.15 bits per heavy atom. The summed E-state index contributed by atoms with van der Waals surface area (Å²) < 4.78 is 0. The molecule has 2 aromatic rings. The fourth-order valence-corrected chi connectivity index (χ4v) is 3.72. The van der Waals surface area contributed by atoms with E-state index >= 15 is 0 Å². The second-order valence-electron chi connectivity index (χ2n) is 8.28. The molecule has 3 rings (SSSR count). The molecule has 5 nitrogen and oxygen atoms in total. The number of amides is 2.